The number of carbonyl (C=O) groups is 2. The van der Waals surface area contributed by atoms with E-state index in [1.54, 1.807) is 18.9 Å². The molecule has 0 saturated carbocycles. The zero-order chi connectivity index (χ0) is 21.7. The molecule has 2 amide bonds. The first-order valence-corrected chi connectivity index (χ1v) is 9.29. The van der Waals surface area contributed by atoms with Crippen LogP contribution in [0.3, 0.4) is 0 Å². The van der Waals surface area contributed by atoms with E-state index in [0.29, 0.717) is 0 Å². The highest BCUT2D eigenvalue weighted by Gasteiger charge is 2.22. The van der Waals surface area contributed by atoms with Crippen LogP contribution in [-0.2, 0) is 9.59 Å². The molecule has 2 aromatic rings. The van der Waals surface area contributed by atoms with E-state index in [4.69, 9.17) is 11.6 Å². The number of benzene rings is 2. The van der Waals surface area contributed by atoms with Gasteiger partial charge in [-0.15, -0.1) is 0 Å². The molecule has 2 aromatic carbocycles. The quantitative estimate of drug-likeness (QED) is 0.526. The Kier molecular flexibility index (Phi) is 7.30. The lowest BCUT2D eigenvalue weighted by molar-refractivity contribution is -0.384. The van der Waals surface area contributed by atoms with E-state index in [9.17, 15) is 19.7 Å². The maximum Gasteiger partial charge on any atom is 0.271 e. The number of hydrogen-bond acceptors (Lipinski definition) is 5. The number of nitrogens with zero attached hydrogens (tertiary/aromatic N) is 2. The van der Waals surface area contributed by atoms with Gasteiger partial charge in [-0.1, -0.05) is 29.8 Å². The standard InChI is InChI=1S/C20H23ClN4O4/c1-12-6-5-7-13(2)19(12)23-18(26)11-24(4)14(3)20(27)22-17-10-15(25(28)29)8-9-16(17)21/h5-10,14H,11H2,1-4H3,(H,22,27)(H,23,26). The number of non-ortho nitro benzene ring substituents is 1. The maximum absolute atomic E-state index is 12.5. The Morgan fingerprint density at radius 3 is 2.38 bits per heavy atom. The number of nitro groups is 1. The van der Waals surface area contributed by atoms with Crippen molar-refractivity contribution in [1.29, 1.82) is 0 Å². The van der Waals surface area contributed by atoms with E-state index in [0.717, 1.165) is 16.8 Å². The molecule has 2 N–H and O–H groups in total. The van der Waals surface area contributed by atoms with Gasteiger partial charge in [0.2, 0.25) is 11.8 Å². The molecule has 0 aliphatic rings. The first-order valence-electron chi connectivity index (χ1n) is 8.91. The number of aryl methyl sites for hydroxylation is 2. The van der Waals surface area contributed by atoms with Crippen LogP contribution in [0.4, 0.5) is 17.1 Å². The van der Waals surface area contributed by atoms with E-state index >= 15 is 0 Å². The zero-order valence-electron chi connectivity index (χ0n) is 16.7. The van der Waals surface area contributed by atoms with Crippen LogP contribution in [0, 0.1) is 24.0 Å². The fourth-order valence-electron chi connectivity index (χ4n) is 2.71. The molecular formula is C20H23ClN4O4. The van der Waals surface area contributed by atoms with E-state index in [2.05, 4.69) is 10.6 Å². The highest BCUT2D eigenvalue weighted by molar-refractivity contribution is 6.33. The van der Waals surface area contributed by atoms with Gasteiger partial charge in [-0.05, 0) is 45.0 Å². The smallest absolute Gasteiger partial charge is 0.271 e. The summed E-state index contributed by atoms with van der Waals surface area (Å²) in [6.45, 7) is 5.44. The molecule has 0 aliphatic heterocycles. The predicted octanol–water partition coefficient (Wildman–Crippen LogP) is 3.76. The van der Waals surface area contributed by atoms with E-state index in [1.807, 2.05) is 32.0 Å². The lowest BCUT2D eigenvalue weighted by atomic mass is 10.1. The van der Waals surface area contributed by atoms with Gasteiger partial charge in [0.1, 0.15) is 0 Å². The summed E-state index contributed by atoms with van der Waals surface area (Å²) in [6, 6.07) is 8.86. The third kappa shape index (κ3) is 5.75. The topological polar surface area (TPSA) is 105 Å². The Labute approximate surface area is 174 Å². The summed E-state index contributed by atoms with van der Waals surface area (Å²) in [5, 5.41) is 16.5. The van der Waals surface area contributed by atoms with Crippen LogP contribution in [-0.4, -0.2) is 41.3 Å². The highest BCUT2D eigenvalue weighted by atomic mass is 35.5. The number of amides is 2. The number of rotatable bonds is 7. The molecule has 1 atom stereocenters. The van der Waals surface area contributed by atoms with Crippen LogP contribution in [0.15, 0.2) is 36.4 Å². The van der Waals surface area contributed by atoms with Crippen molar-refractivity contribution >= 4 is 40.5 Å². The molecule has 154 valence electrons. The third-order valence-corrected chi connectivity index (χ3v) is 4.93. The summed E-state index contributed by atoms with van der Waals surface area (Å²) in [6.07, 6.45) is 0. The summed E-state index contributed by atoms with van der Waals surface area (Å²) >= 11 is 6.02. The molecule has 0 spiro atoms. The van der Waals surface area contributed by atoms with Gasteiger partial charge in [-0.3, -0.25) is 24.6 Å². The van der Waals surface area contributed by atoms with Crippen molar-refractivity contribution in [2.45, 2.75) is 26.8 Å². The number of hydrogen-bond donors (Lipinski definition) is 2. The zero-order valence-corrected chi connectivity index (χ0v) is 17.4. The molecule has 0 aromatic heterocycles. The normalized spacial score (nSPS) is 11.8. The van der Waals surface area contributed by atoms with Gasteiger partial charge in [0.25, 0.3) is 5.69 Å². The van der Waals surface area contributed by atoms with Crippen molar-refractivity contribution in [2.24, 2.45) is 0 Å². The number of para-hydroxylation sites is 1. The summed E-state index contributed by atoms with van der Waals surface area (Å²) in [7, 11) is 1.64. The first kappa shape index (κ1) is 22.3. The van der Waals surface area contributed by atoms with Gasteiger partial charge in [0.15, 0.2) is 0 Å². The van der Waals surface area contributed by atoms with Crippen LogP contribution in [0.2, 0.25) is 5.02 Å². The Bertz CT molecular complexity index is 928. The summed E-state index contributed by atoms with van der Waals surface area (Å²) < 4.78 is 0. The molecular weight excluding hydrogens is 396 g/mol. The van der Waals surface area contributed by atoms with Crippen molar-refractivity contribution in [3.05, 3.63) is 62.7 Å². The van der Waals surface area contributed by atoms with Gasteiger partial charge >= 0.3 is 0 Å². The molecule has 9 heteroatoms. The average Bonchev–Trinajstić information content (AvgIpc) is 2.65. The summed E-state index contributed by atoms with van der Waals surface area (Å²) in [5.41, 5.74) is 2.62. The lowest BCUT2D eigenvalue weighted by Crippen LogP contribution is -2.43. The second-order valence-electron chi connectivity index (χ2n) is 6.82. The molecule has 0 aliphatic carbocycles. The number of nitrogens with one attached hydrogen (secondary N) is 2. The lowest BCUT2D eigenvalue weighted by Gasteiger charge is -2.24. The van der Waals surface area contributed by atoms with Crippen molar-refractivity contribution in [2.75, 3.05) is 24.2 Å². The van der Waals surface area contributed by atoms with E-state index < -0.39 is 16.9 Å². The number of likely N-dealkylation sites (N-methyl/N-ethyl adjacent to an activating group) is 1. The van der Waals surface area contributed by atoms with Crippen LogP contribution in [0.5, 0.6) is 0 Å². The van der Waals surface area contributed by atoms with Crippen molar-refractivity contribution in [3.63, 3.8) is 0 Å². The SMILES string of the molecule is Cc1cccc(C)c1NC(=O)CN(C)C(C)C(=O)Nc1cc([N+](=O)[O-])ccc1Cl. The van der Waals surface area contributed by atoms with Crippen LogP contribution < -0.4 is 10.6 Å². The van der Waals surface area contributed by atoms with Gasteiger partial charge < -0.3 is 10.6 Å². The molecule has 0 fully saturated rings. The fraction of sp³-hybridized carbons (Fsp3) is 0.300. The Balaban J connectivity index is 2.01. The number of halogens is 1. The van der Waals surface area contributed by atoms with Crippen molar-refractivity contribution in [3.8, 4) is 0 Å². The molecule has 0 bridgehead atoms. The van der Waals surface area contributed by atoms with Crippen molar-refractivity contribution in [1.82, 2.24) is 4.90 Å². The second kappa shape index (κ2) is 9.49. The average molecular weight is 419 g/mol. The Morgan fingerprint density at radius 1 is 1.17 bits per heavy atom. The molecule has 8 nitrogen and oxygen atoms in total. The molecule has 29 heavy (non-hydrogen) atoms. The fourth-order valence-corrected chi connectivity index (χ4v) is 2.88. The minimum atomic E-state index is -0.672. The summed E-state index contributed by atoms with van der Waals surface area (Å²) in [5.74, 6) is -0.687. The van der Waals surface area contributed by atoms with E-state index in [1.165, 1.54) is 18.2 Å². The van der Waals surface area contributed by atoms with Gasteiger partial charge in [-0.2, -0.15) is 0 Å². The van der Waals surface area contributed by atoms with Gasteiger partial charge in [-0.25, -0.2) is 0 Å². The highest BCUT2D eigenvalue weighted by Crippen LogP contribution is 2.27. The third-order valence-electron chi connectivity index (χ3n) is 4.60. The monoisotopic (exact) mass is 418 g/mol. The number of carbonyl (C=O) groups excluding carboxylic acids is 2. The minimum absolute atomic E-state index is 0.00890. The maximum atomic E-state index is 12.5. The second-order valence-corrected chi connectivity index (χ2v) is 7.22. The molecule has 0 radical (unpaired) electrons. The van der Waals surface area contributed by atoms with Crippen LogP contribution >= 0.6 is 11.6 Å². The minimum Gasteiger partial charge on any atom is -0.324 e. The van der Waals surface area contributed by atoms with Gasteiger partial charge in [0, 0.05) is 17.8 Å². The van der Waals surface area contributed by atoms with Crippen LogP contribution in [0.1, 0.15) is 18.1 Å². The molecule has 1 unspecified atom stereocenters. The Morgan fingerprint density at radius 2 is 1.79 bits per heavy atom. The molecule has 0 saturated heterocycles. The van der Waals surface area contributed by atoms with E-state index in [-0.39, 0.29) is 28.8 Å². The number of nitro benzene ring substituents is 1. The molecule has 0 heterocycles. The molecule has 2 rings (SSSR count). The predicted molar refractivity (Wildman–Crippen MR) is 113 cm³/mol. The largest absolute Gasteiger partial charge is 0.324 e. The van der Waals surface area contributed by atoms with Gasteiger partial charge in [0.05, 0.1) is 28.2 Å². The van der Waals surface area contributed by atoms with Crippen LogP contribution in [0.25, 0.3) is 0 Å². The Hall–Kier alpha value is -2.97. The number of anilines is 2. The first-order chi connectivity index (χ1) is 13.6. The van der Waals surface area contributed by atoms with Crippen molar-refractivity contribution < 1.29 is 14.5 Å². The summed E-state index contributed by atoms with van der Waals surface area (Å²) in [4.78, 5) is 36.8.